The Morgan fingerprint density at radius 3 is 1.54 bits per heavy atom. The molecule has 0 aromatic rings. The maximum Gasteiger partial charge on any atom is 0.510 e. The lowest BCUT2D eigenvalue weighted by atomic mass is 10.5. The average molecular weight is 393 g/mol. The van der Waals surface area contributed by atoms with Crippen molar-refractivity contribution in [2.45, 2.75) is 52.4 Å². The molecule has 0 saturated carbocycles. The van der Waals surface area contributed by atoms with E-state index in [0.717, 1.165) is 0 Å². The SMILES string of the molecule is CC(C)OC(=O)OCOP(=O)(OCOC(=O)OC(C)C)OC(C)Cl. The Morgan fingerprint density at radius 2 is 1.25 bits per heavy atom. The van der Waals surface area contributed by atoms with E-state index in [9.17, 15) is 14.2 Å². The average Bonchev–Trinajstić information content (AvgIpc) is 2.35. The van der Waals surface area contributed by atoms with Crippen molar-refractivity contribution in [3.63, 3.8) is 0 Å². The van der Waals surface area contributed by atoms with Crippen molar-refractivity contribution >= 4 is 31.7 Å². The molecule has 0 spiro atoms. The van der Waals surface area contributed by atoms with Crippen LogP contribution in [0.1, 0.15) is 34.6 Å². The number of ether oxygens (including phenoxy) is 4. The van der Waals surface area contributed by atoms with Gasteiger partial charge in [0.2, 0.25) is 13.6 Å². The second kappa shape index (κ2) is 11.5. The van der Waals surface area contributed by atoms with Crippen LogP contribution in [0.3, 0.4) is 0 Å². The van der Waals surface area contributed by atoms with E-state index in [1.807, 2.05) is 0 Å². The highest BCUT2D eigenvalue weighted by Crippen LogP contribution is 2.50. The van der Waals surface area contributed by atoms with Gasteiger partial charge in [-0.15, -0.1) is 0 Å². The van der Waals surface area contributed by atoms with Gasteiger partial charge in [-0.1, -0.05) is 11.6 Å². The molecule has 1 atom stereocenters. The standard InChI is InChI=1S/C12H22ClO10P/c1-8(2)21-11(14)17-6-19-24(16,23-10(5)13)20-7-18-12(15)22-9(3)4/h8-10H,6-7H2,1-5H3. The van der Waals surface area contributed by atoms with Crippen LogP contribution in [0.2, 0.25) is 0 Å². The summed E-state index contributed by atoms with van der Waals surface area (Å²) in [5.74, 6) is 0. The lowest BCUT2D eigenvalue weighted by Crippen LogP contribution is -2.17. The fourth-order valence-electron chi connectivity index (χ4n) is 1.01. The van der Waals surface area contributed by atoms with Crippen molar-refractivity contribution in [2.75, 3.05) is 13.6 Å². The molecular weight excluding hydrogens is 371 g/mol. The summed E-state index contributed by atoms with van der Waals surface area (Å²) < 4.78 is 44.8. The van der Waals surface area contributed by atoms with Crippen LogP contribution >= 0.6 is 19.4 Å². The molecular formula is C12H22ClO10P. The van der Waals surface area contributed by atoms with Gasteiger partial charge in [0.05, 0.1) is 12.2 Å². The van der Waals surface area contributed by atoms with Crippen molar-refractivity contribution < 1.29 is 46.7 Å². The Kier molecular flexibility index (Phi) is 11.0. The highest BCUT2D eigenvalue weighted by molar-refractivity contribution is 7.48. The number of alkyl halides is 1. The van der Waals surface area contributed by atoms with Crippen molar-refractivity contribution in [1.29, 1.82) is 0 Å². The Bertz CT molecular complexity index is 408. The number of hydrogen-bond donors (Lipinski definition) is 0. The predicted octanol–water partition coefficient (Wildman–Crippen LogP) is 3.77. The third-order valence-electron chi connectivity index (χ3n) is 1.71. The minimum absolute atomic E-state index is 0.403. The third-order valence-corrected chi connectivity index (χ3v) is 3.34. The largest absolute Gasteiger partial charge is 0.510 e. The van der Waals surface area contributed by atoms with Gasteiger partial charge in [0.15, 0.2) is 0 Å². The van der Waals surface area contributed by atoms with Crippen molar-refractivity contribution in [3.8, 4) is 0 Å². The second-order valence-electron chi connectivity index (χ2n) is 4.71. The Hall–Kier alpha value is -1.06. The molecule has 0 N–H and O–H groups in total. The number of rotatable bonds is 10. The van der Waals surface area contributed by atoms with Crippen LogP contribution in [0, 0.1) is 0 Å². The predicted molar refractivity (Wildman–Crippen MR) is 81.3 cm³/mol. The Labute approximate surface area is 145 Å². The van der Waals surface area contributed by atoms with E-state index in [2.05, 4.69) is 18.9 Å². The van der Waals surface area contributed by atoms with Gasteiger partial charge >= 0.3 is 20.1 Å². The van der Waals surface area contributed by atoms with Gasteiger partial charge in [0.25, 0.3) is 0 Å². The molecule has 142 valence electrons. The number of halogens is 1. The van der Waals surface area contributed by atoms with Crippen LogP contribution in [-0.2, 0) is 37.1 Å². The summed E-state index contributed by atoms with van der Waals surface area (Å²) in [6, 6.07) is 0. The summed E-state index contributed by atoms with van der Waals surface area (Å²) in [6.45, 7) is 6.22. The first-order valence-electron chi connectivity index (χ1n) is 6.92. The molecule has 1 unspecified atom stereocenters. The van der Waals surface area contributed by atoms with E-state index in [1.54, 1.807) is 27.7 Å². The monoisotopic (exact) mass is 392 g/mol. The molecule has 10 nitrogen and oxygen atoms in total. The normalized spacial score (nSPS) is 12.8. The zero-order valence-electron chi connectivity index (χ0n) is 14.1. The van der Waals surface area contributed by atoms with E-state index in [4.69, 9.17) is 25.2 Å². The molecule has 0 saturated heterocycles. The van der Waals surface area contributed by atoms with Crippen molar-refractivity contribution in [2.24, 2.45) is 0 Å². The van der Waals surface area contributed by atoms with Gasteiger partial charge in [0.1, 0.15) is 5.56 Å². The van der Waals surface area contributed by atoms with Crippen LogP contribution in [0.4, 0.5) is 9.59 Å². The molecule has 0 radical (unpaired) electrons. The maximum absolute atomic E-state index is 12.2. The summed E-state index contributed by atoms with van der Waals surface area (Å²) in [4.78, 5) is 22.3. The lowest BCUT2D eigenvalue weighted by Gasteiger charge is -2.19. The maximum atomic E-state index is 12.2. The van der Waals surface area contributed by atoms with Gasteiger partial charge in [-0.05, 0) is 34.6 Å². The number of carbonyl (C=O) groups is 2. The molecule has 12 heteroatoms. The number of carbonyl (C=O) groups excluding carboxylic acids is 2. The van der Waals surface area contributed by atoms with Gasteiger partial charge in [-0.25, -0.2) is 23.2 Å². The van der Waals surface area contributed by atoms with Crippen LogP contribution in [0.5, 0.6) is 0 Å². The van der Waals surface area contributed by atoms with E-state index >= 15 is 0 Å². The first kappa shape index (κ1) is 22.9. The van der Waals surface area contributed by atoms with E-state index in [-0.39, 0.29) is 0 Å². The Morgan fingerprint density at radius 1 is 0.875 bits per heavy atom. The first-order valence-corrected chi connectivity index (χ1v) is 8.82. The molecule has 0 bridgehead atoms. The summed E-state index contributed by atoms with van der Waals surface area (Å²) in [5.41, 5.74) is -1.05. The van der Waals surface area contributed by atoms with E-state index < -0.39 is 51.5 Å². The highest BCUT2D eigenvalue weighted by Gasteiger charge is 2.30. The molecule has 0 aromatic heterocycles. The second-order valence-corrected chi connectivity index (χ2v) is 6.95. The van der Waals surface area contributed by atoms with Crippen molar-refractivity contribution in [3.05, 3.63) is 0 Å². The number of hydrogen-bond acceptors (Lipinski definition) is 10. The minimum Gasteiger partial charge on any atom is -0.432 e. The summed E-state index contributed by atoms with van der Waals surface area (Å²) in [6.07, 6.45) is -2.88. The molecule has 0 heterocycles. The zero-order chi connectivity index (χ0) is 18.8. The molecule has 0 rings (SSSR count). The van der Waals surface area contributed by atoms with E-state index in [1.165, 1.54) is 6.92 Å². The van der Waals surface area contributed by atoms with E-state index in [0.29, 0.717) is 0 Å². The molecule has 0 aromatic carbocycles. The lowest BCUT2D eigenvalue weighted by molar-refractivity contribution is -0.0462. The van der Waals surface area contributed by atoms with Crippen molar-refractivity contribution in [1.82, 2.24) is 0 Å². The molecule has 0 fully saturated rings. The van der Waals surface area contributed by atoms with Crippen LogP contribution < -0.4 is 0 Å². The smallest absolute Gasteiger partial charge is 0.432 e. The third kappa shape index (κ3) is 12.4. The van der Waals surface area contributed by atoms with Gasteiger partial charge in [-0.3, -0.25) is 4.52 Å². The van der Waals surface area contributed by atoms with Gasteiger partial charge < -0.3 is 18.9 Å². The molecule has 0 aliphatic heterocycles. The zero-order valence-corrected chi connectivity index (χ0v) is 15.7. The van der Waals surface area contributed by atoms with Gasteiger partial charge in [0, 0.05) is 0 Å². The minimum atomic E-state index is -4.25. The number of phosphoric acid groups is 1. The fraction of sp³-hybridized carbons (Fsp3) is 0.833. The van der Waals surface area contributed by atoms with Crippen LogP contribution in [0.15, 0.2) is 0 Å². The molecule has 24 heavy (non-hydrogen) atoms. The molecule has 0 amide bonds. The first-order chi connectivity index (χ1) is 11.0. The Balaban J connectivity index is 4.37. The quantitative estimate of drug-likeness (QED) is 0.235. The van der Waals surface area contributed by atoms with Gasteiger partial charge in [-0.2, -0.15) is 0 Å². The topological polar surface area (TPSA) is 116 Å². The highest BCUT2D eigenvalue weighted by atomic mass is 35.5. The number of phosphoric ester groups is 1. The summed E-state index contributed by atoms with van der Waals surface area (Å²) >= 11 is 5.56. The summed E-state index contributed by atoms with van der Waals surface area (Å²) in [5, 5.41) is 0. The van der Waals surface area contributed by atoms with Crippen LogP contribution in [-0.4, -0.2) is 43.7 Å². The van der Waals surface area contributed by atoms with Crippen LogP contribution in [0.25, 0.3) is 0 Å². The fourth-order valence-corrected chi connectivity index (χ4v) is 2.22. The molecule has 0 aliphatic carbocycles. The summed E-state index contributed by atoms with van der Waals surface area (Å²) in [7, 11) is -4.25. The molecule has 0 aliphatic rings.